The van der Waals surface area contributed by atoms with Gasteiger partial charge in [-0.3, -0.25) is 9.59 Å². The first kappa shape index (κ1) is 52.0. The van der Waals surface area contributed by atoms with E-state index in [0.29, 0.717) is 23.9 Å². The molecule has 316 valence electrons. The number of ether oxygens (including phenoxy) is 4. The molecule has 0 saturated carbocycles. The van der Waals surface area contributed by atoms with Gasteiger partial charge in [0.15, 0.2) is 12.4 Å². The molecule has 0 aromatic carbocycles. The Morgan fingerprint density at radius 1 is 0.564 bits per heavy atom. The summed E-state index contributed by atoms with van der Waals surface area (Å²) in [6.07, 6.45) is 41.1. The normalized spacial score (nSPS) is 13.5. The number of nitrogens with zero attached hydrogens (tertiary/aromatic N) is 1. The van der Waals surface area contributed by atoms with Crippen molar-refractivity contribution in [1.29, 1.82) is 0 Å². The van der Waals surface area contributed by atoms with E-state index in [1.807, 2.05) is 27.2 Å². The molecule has 9 nitrogen and oxygen atoms in total. The Kier molecular flexibility index (Phi) is 35.8. The highest BCUT2D eigenvalue weighted by molar-refractivity contribution is 5.70. The summed E-state index contributed by atoms with van der Waals surface area (Å²) in [5.41, 5.74) is 0. The van der Waals surface area contributed by atoms with E-state index in [0.717, 1.165) is 51.4 Å². The second kappa shape index (κ2) is 37.9. The number of quaternary nitrogens is 1. The summed E-state index contributed by atoms with van der Waals surface area (Å²) in [6.45, 7) is 4.54. The minimum absolute atomic E-state index is 0.135. The molecule has 0 bridgehead atoms. The average molecular weight is 774 g/mol. The maximum atomic E-state index is 12.7. The second-order valence-corrected chi connectivity index (χ2v) is 15.3. The summed E-state index contributed by atoms with van der Waals surface area (Å²) in [5, 5.41) is 11.7. The van der Waals surface area contributed by atoms with Crippen LogP contribution in [0.15, 0.2) is 60.8 Å². The standard InChI is InChI=1S/C46H79NO8/c1-6-8-10-12-14-16-18-20-21-22-23-25-27-29-31-33-35-37-44(49)55-42(41-54-46(45(50)51)52-39-38-47(3,4)5)40-53-43(48)36-34-32-30-28-26-24-19-17-15-13-11-9-7-2/h8,10,14,16,20-21,23,25,29,31,42,46H,6-7,9,11-13,15,17-19,22,24,26-28,30,32-41H2,1-5H3/b10-8-,16-14-,21-20-,25-23-,31-29-/t42-,46?/m1/s1. The minimum atomic E-state index is -1.63. The number of unbranched alkanes of at least 4 members (excludes halogenated alkanes) is 13. The number of carboxylic acids is 1. The lowest BCUT2D eigenvalue weighted by atomic mass is 10.0. The second-order valence-electron chi connectivity index (χ2n) is 15.3. The molecule has 0 amide bonds. The van der Waals surface area contributed by atoms with Crippen molar-refractivity contribution in [3.05, 3.63) is 60.8 Å². The predicted octanol–water partition coefficient (Wildman–Crippen LogP) is 9.66. The molecule has 9 heteroatoms. The van der Waals surface area contributed by atoms with Crippen LogP contribution in [0.4, 0.5) is 0 Å². The van der Waals surface area contributed by atoms with Crippen LogP contribution >= 0.6 is 0 Å². The monoisotopic (exact) mass is 774 g/mol. The predicted molar refractivity (Wildman–Crippen MR) is 223 cm³/mol. The van der Waals surface area contributed by atoms with E-state index in [-0.39, 0.29) is 38.6 Å². The zero-order valence-electron chi connectivity index (χ0n) is 35.5. The van der Waals surface area contributed by atoms with Crippen LogP contribution in [0.2, 0.25) is 0 Å². The van der Waals surface area contributed by atoms with Gasteiger partial charge < -0.3 is 33.3 Å². The van der Waals surface area contributed by atoms with Crippen molar-refractivity contribution < 1.29 is 42.9 Å². The van der Waals surface area contributed by atoms with Crippen molar-refractivity contribution in [2.45, 2.75) is 167 Å². The highest BCUT2D eigenvalue weighted by Crippen LogP contribution is 2.14. The van der Waals surface area contributed by atoms with E-state index in [4.69, 9.17) is 18.9 Å². The molecule has 0 heterocycles. The third kappa shape index (κ3) is 39.0. The molecule has 0 aliphatic carbocycles. The maximum Gasteiger partial charge on any atom is 0.306 e. The molecular formula is C46H79NO8. The van der Waals surface area contributed by atoms with Gasteiger partial charge in [0.05, 0.1) is 40.3 Å². The van der Waals surface area contributed by atoms with Crippen LogP contribution in [0, 0.1) is 0 Å². The summed E-state index contributed by atoms with van der Waals surface area (Å²) >= 11 is 0. The molecule has 0 rings (SSSR count). The number of carboxylic acid groups (broad SMARTS) is 1. The lowest BCUT2D eigenvalue weighted by molar-refractivity contribution is -0.870. The van der Waals surface area contributed by atoms with Gasteiger partial charge in [-0.2, -0.15) is 0 Å². The fourth-order valence-corrected chi connectivity index (χ4v) is 5.45. The van der Waals surface area contributed by atoms with Gasteiger partial charge in [-0.1, -0.05) is 152 Å². The number of allylic oxidation sites excluding steroid dienone is 10. The van der Waals surface area contributed by atoms with Gasteiger partial charge in [0.2, 0.25) is 0 Å². The molecule has 1 unspecified atom stereocenters. The van der Waals surface area contributed by atoms with Gasteiger partial charge in [0.1, 0.15) is 13.2 Å². The number of esters is 2. The molecule has 0 fully saturated rings. The first-order valence-electron chi connectivity index (χ1n) is 21.4. The summed E-state index contributed by atoms with van der Waals surface area (Å²) in [4.78, 5) is 36.9. The number of carbonyl (C=O) groups excluding carboxylic acids is 3. The first-order valence-corrected chi connectivity index (χ1v) is 21.4. The maximum absolute atomic E-state index is 12.7. The Hall–Kier alpha value is -3.01. The van der Waals surface area contributed by atoms with E-state index in [1.54, 1.807) is 0 Å². The number of rotatable bonds is 38. The van der Waals surface area contributed by atoms with Gasteiger partial charge in [-0.25, -0.2) is 0 Å². The van der Waals surface area contributed by atoms with Gasteiger partial charge in [0, 0.05) is 12.8 Å². The Morgan fingerprint density at radius 3 is 1.53 bits per heavy atom. The molecule has 0 aliphatic rings. The van der Waals surface area contributed by atoms with E-state index in [9.17, 15) is 19.5 Å². The summed E-state index contributed by atoms with van der Waals surface area (Å²) in [7, 11) is 5.88. The molecular weight excluding hydrogens is 695 g/mol. The zero-order chi connectivity index (χ0) is 40.7. The topological polar surface area (TPSA) is 111 Å². The van der Waals surface area contributed by atoms with Crippen LogP contribution in [-0.2, 0) is 33.3 Å². The van der Waals surface area contributed by atoms with Crippen LogP contribution < -0.4 is 5.11 Å². The number of aliphatic carboxylic acids is 1. The molecule has 0 N–H and O–H groups in total. The quantitative estimate of drug-likeness (QED) is 0.0201. The minimum Gasteiger partial charge on any atom is -0.545 e. The van der Waals surface area contributed by atoms with Crippen LogP contribution in [0.3, 0.4) is 0 Å². The third-order valence-electron chi connectivity index (χ3n) is 8.78. The molecule has 0 saturated heterocycles. The third-order valence-corrected chi connectivity index (χ3v) is 8.78. The van der Waals surface area contributed by atoms with Crippen LogP contribution in [0.25, 0.3) is 0 Å². The van der Waals surface area contributed by atoms with Gasteiger partial charge in [0.25, 0.3) is 0 Å². The fourth-order valence-electron chi connectivity index (χ4n) is 5.45. The van der Waals surface area contributed by atoms with Crippen molar-refractivity contribution in [2.24, 2.45) is 0 Å². The molecule has 2 atom stereocenters. The fraction of sp³-hybridized carbons (Fsp3) is 0.717. The van der Waals surface area contributed by atoms with Crippen LogP contribution in [0.5, 0.6) is 0 Å². The van der Waals surface area contributed by atoms with Crippen molar-refractivity contribution in [3.63, 3.8) is 0 Å². The Labute approximate surface area is 335 Å². The van der Waals surface area contributed by atoms with Gasteiger partial charge >= 0.3 is 11.9 Å². The lowest BCUT2D eigenvalue weighted by Crippen LogP contribution is -2.44. The Morgan fingerprint density at radius 2 is 1.04 bits per heavy atom. The van der Waals surface area contributed by atoms with Crippen molar-refractivity contribution in [3.8, 4) is 0 Å². The average Bonchev–Trinajstić information content (AvgIpc) is 3.14. The van der Waals surface area contributed by atoms with Gasteiger partial charge in [-0.15, -0.1) is 0 Å². The smallest absolute Gasteiger partial charge is 0.306 e. The summed E-state index contributed by atoms with van der Waals surface area (Å²) < 4.78 is 22.4. The molecule has 0 aromatic rings. The van der Waals surface area contributed by atoms with E-state index < -0.39 is 24.3 Å². The summed E-state index contributed by atoms with van der Waals surface area (Å²) in [5.74, 6) is -2.37. The van der Waals surface area contributed by atoms with E-state index in [1.165, 1.54) is 64.2 Å². The molecule has 55 heavy (non-hydrogen) atoms. The molecule has 0 spiro atoms. The Balaban J connectivity index is 4.58. The lowest BCUT2D eigenvalue weighted by Gasteiger charge is -2.26. The highest BCUT2D eigenvalue weighted by Gasteiger charge is 2.21. The van der Waals surface area contributed by atoms with Crippen LogP contribution in [-0.4, -0.2) is 82.3 Å². The zero-order valence-corrected chi connectivity index (χ0v) is 35.5. The molecule has 0 radical (unpaired) electrons. The number of carbonyl (C=O) groups is 3. The van der Waals surface area contributed by atoms with Crippen molar-refractivity contribution >= 4 is 17.9 Å². The molecule has 0 aliphatic heterocycles. The summed E-state index contributed by atoms with van der Waals surface area (Å²) in [6, 6.07) is 0. The number of likely N-dealkylation sites (N-methyl/N-ethyl adjacent to an activating group) is 1. The SMILES string of the molecule is CC/C=C\C/C=C\C/C=C\C/C=C\C/C=C\CCCC(=O)O[C@H](COC(=O)CCCCCCCCCCCCCCC)COC(OCC[N+](C)(C)C)C(=O)[O-]. The Bertz CT molecular complexity index is 1090. The van der Waals surface area contributed by atoms with E-state index in [2.05, 4.69) is 68.5 Å². The molecule has 0 aromatic heterocycles. The van der Waals surface area contributed by atoms with Crippen molar-refractivity contribution in [2.75, 3.05) is 47.5 Å². The first-order chi connectivity index (χ1) is 26.6. The number of hydrogen-bond donors (Lipinski definition) is 0. The van der Waals surface area contributed by atoms with Crippen molar-refractivity contribution in [1.82, 2.24) is 0 Å². The number of hydrogen-bond acceptors (Lipinski definition) is 8. The largest absolute Gasteiger partial charge is 0.545 e. The van der Waals surface area contributed by atoms with Crippen LogP contribution in [0.1, 0.15) is 155 Å². The van der Waals surface area contributed by atoms with E-state index >= 15 is 0 Å². The van der Waals surface area contributed by atoms with Gasteiger partial charge in [-0.05, 0) is 51.4 Å². The highest BCUT2D eigenvalue weighted by atomic mass is 16.7.